The molecular formula is C69H47NS2. The molecule has 0 aliphatic heterocycles. The number of hydrogen-bond donors (Lipinski definition) is 0. The van der Waals surface area contributed by atoms with Gasteiger partial charge in [0, 0.05) is 69.2 Å². The van der Waals surface area contributed by atoms with Gasteiger partial charge in [0.15, 0.2) is 0 Å². The van der Waals surface area contributed by atoms with Crippen molar-refractivity contribution in [1.82, 2.24) is 0 Å². The van der Waals surface area contributed by atoms with Crippen LogP contribution in [0.1, 0.15) is 45.2 Å². The molecule has 340 valence electrons. The molecule has 3 heteroatoms. The molecule has 0 amide bonds. The van der Waals surface area contributed by atoms with Gasteiger partial charge in [-0.05, 0) is 153 Å². The first-order valence-corrected chi connectivity index (χ1v) is 26.3. The van der Waals surface area contributed by atoms with Crippen molar-refractivity contribution in [3.63, 3.8) is 0 Å². The highest BCUT2D eigenvalue weighted by molar-refractivity contribution is 7.26. The number of nitrogens with zero attached hydrogens (tertiary/aromatic N) is 1. The lowest BCUT2D eigenvalue weighted by molar-refractivity contribution is 0.813. The molecule has 2 aromatic heterocycles. The van der Waals surface area contributed by atoms with Gasteiger partial charge in [0.1, 0.15) is 0 Å². The average molecular weight is 954 g/mol. The third-order valence-corrected chi connectivity index (χ3v) is 16.5. The molecule has 0 bridgehead atoms. The van der Waals surface area contributed by atoms with E-state index in [0.29, 0.717) is 0 Å². The van der Waals surface area contributed by atoms with E-state index >= 15 is 0 Å². The van der Waals surface area contributed by atoms with Gasteiger partial charge in [-0.1, -0.05) is 182 Å². The maximum absolute atomic E-state index is 3.20. The molecule has 1 unspecified atom stereocenters. The van der Waals surface area contributed by atoms with E-state index in [4.69, 9.17) is 0 Å². The van der Waals surface area contributed by atoms with Crippen LogP contribution in [0.25, 0.3) is 62.6 Å². The fourth-order valence-electron chi connectivity index (χ4n) is 10.8. The monoisotopic (exact) mass is 953 g/mol. The van der Waals surface area contributed by atoms with Crippen molar-refractivity contribution in [2.75, 3.05) is 4.90 Å². The molecule has 0 saturated carbocycles. The Morgan fingerprint density at radius 1 is 0.361 bits per heavy atom. The lowest BCUT2D eigenvalue weighted by Crippen LogP contribution is -2.09. The SMILES string of the molecule is c1ccc(-c2cccc(C(Cc3ccccc3)c3cc(-c4ccc(N(c5ccccc5)c5ccc6sc7ccccc7c6c5)cc4)cc4sc5ccc(C(c6ccccc6)c6ccccc6)cc5c34)c2)cc#1. The zero-order valence-corrected chi connectivity index (χ0v) is 41.1. The quantitative estimate of drug-likeness (QED) is 0.110. The summed E-state index contributed by atoms with van der Waals surface area (Å²) < 4.78 is 5.19. The molecule has 0 radical (unpaired) electrons. The van der Waals surface area contributed by atoms with E-state index in [-0.39, 0.29) is 11.8 Å². The van der Waals surface area contributed by atoms with Gasteiger partial charge in [0.25, 0.3) is 0 Å². The van der Waals surface area contributed by atoms with Gasteiger partial charge in [0.2, 0.25) is 0 Å². The lowest BCUT2D eigenvalue weighted by Gasteiger charge is -2.26. The molecule has 0 aliphatic carbocycles. The number of fused-ring (bicyclic) bond motifs is 6. The Balaban J connectivity index is 0.996. The molecule has 13 aromatic rings. The van der Waals surface area contributed by atoms with Gasteiger partial charge in [-0.25, -0.2) is 0 Å². The molecule has 11 aromatic carbocycles. The van der Waals surface area contributed by atoms with Crippen molar-refractivity contribution in [3.8, 4) is 22.3 Å². The molecule has 2 heterocycles. The van der Waals surface area contributed by atoms with Gasteiger partial charge in [-0.3, -0.25) is 0 Å². The predicted octanol–water partition coefficient (Wildman–Crippen LogP) is 19.4. The number of anilines is 3. The predicted molar refractivity (Wildman–Crippen MR) is 308 cm³/mol. The van der Waals surface area contributed by atoms with Crippen molar-refractivity contribution in [1.29, 1.82) is 0 Å². The van der Waals surface area contributed by atoms with Gasteiger partial charge < -0.3 is 4.90 Å². The number of thiophene rings is 2. The largest absolute Gasteiger partial charge is 0.310 e. The maximum Gasteiger partial charge on any atom is 0.0468 e. The van der Waals surface area contributed by atoms with E-state index in [9.17, 15) is 0 Å². The molecular weight excluding hydrogens is 907 g/mol. The molecule has 0 saturated heterocycles. The summed E-state index contributed by atoms with van der Waals surface area (Å²) in [6.07, 6.45) is 0.847. The Kier molecular flexibility index (Phi) is 11.5. The van der Waals surface area contributed by atoms with Crippen LogP contribution in [0.4, 0.5) is 17.1 Å². The van der Waals surface area contributed by atoms with E-state index < -0.39 is 0 Å². The minimum atomic E-state index is 0.0468. The first-order chi connectivity index (χ1) is 35.7. The van der Waals surface area contributed by atoms with E-state index in [1.165, 1.54) is 90.4 Å². The molecule has 1 atom stereocenters. The zero-order chi connectivity index (χ0) is 47.8. The minimum absolute atomic E-state index is 0.0468. The summed E-state index contributed by atoms with van der Waals surface area (Å²) in [6, 6.07) is 102. The normalized spacial score (nSPS) is 11.9. The van der Waals surface area contributed by atoms with Crippen LogP contribution < -0.4 is 4.90 Å². The summed E-state index contributed by atoms with van der Waals surface area (Å²) in [5.74, 6) is 0.136. The lowest BCUT2D eigenvalue weighted by atomic mass is 9.81. The Morgan fingerprint density at radius 2 is 0.986 bits per heavy atom. The van der Waals surface area contributed by atoms with Crippen LogP contribution in [0, 0.1) is 12.1 Å². The summed E-state index contributed by atoms with van der Waals surface area (Å²) in [6.45, 7) is 0. The second-order valence-electron chi connectivity index (χ2n) is 18.6. The molecule has 13 rings (SSSR count). The standard InChI is InChI=1S/C69H47NS2/c1-6-19-47(20-7-1)41-60(53-28-18-27-52(42-53)48-21-8-2-9-22-48)62-44-55(45-67-69(62)63-43-54(35-39-66(63)72-67)68(50-23-10-3-11-24-50)51-25-12-4-13-26-51)49-33-36-57(37-34-49)70(56-29-14-5-15-30-56)58-38-40-65-61(46-58)59-31-16-17-32-64(59)71-65/h1,3-8,10-40,42-46,60,68H,41H2. The average Bonchev–Trinajstić information content (AvgIpc) is 4.02. The first kappa shape index (κ1) is 43.5. The second kappa shape index (κ2) is 19.0. The summed E-state index contributed by atoms with van der Waals surface area (Å²) in [7, 11) is 0. The smallest absolute Gasteiger partial charge is 0.0468 e. The van der Waals surface area contributed by atoms with E-state index in [1.807, 2.05) is 34.8 Å². The van der Waals surface area contributed by atoms with Crippen molar-refractivity contribution < 1.29 is 0 Å². The highest BCUT2D eigenvalue weighted by Crippen LogP contribution is 2.47. The Morgan fingerprint density at radius 3 is 1.74 bits per heavy atom. The zero-order valence-electron chi connectivity index (χ0n) is 39.5. The fraction of sp³-hybridized carbons (Fsp3) is 0.0435. The first-order valence-electron chi connectivity index (χ1n) is 24.7. The van der Waals surface area contributed by atoms with E-state index in [1.54, 1.807) is 0 Å². The topological polar surface area (TPSA) is 3.24 Å². The number of benzene rings is 10. The minimum Gasteiger partial charge on any atom is -0.310 e. The van der Waals surface area contributed by atoms with Crippen LogP contribution in [0.2, 0.25) is 0 Å². The Bertz CT molecular complexity index is 3950. The van der Waals surface area contributed by atoms with Gasteiger partial charge in [0.05, 0.1) is 0 Å². The van der Waals surface area contributed by atoms with Gasteiger partial charge in [-0.15, -0.1) is 22.7 Å². The summed E-state index contributed by atoms with van der Waals surface area (Å²) in [4.78, 5) is 2.39. The Hall–Kier alpha value is -8.52. The van der Waals surface area contributed by atoms with Crippen LogP contribution in [0.15, 0.2) is 261 Å². The van der Waals surface area contributed by atoms with E-state index in [2.05, 4.69) is 266 Å². The summed E-state index contributed by atoms with van der Waals surface area (Å²) in [5.41, 5.74) is 15.9. The van der Waals surface area contributed by atoms with Gasteiger partial charge >= 0.3 is 0 Å². The number of hydrogen-bond acceptors (Lipinski definition) is 3. The highest BCUT2D eigenvalue weighted by Gasteiger charge is 2.25. The van der Waals surface area contributed by atoms with Crippen molar-refractivity contribution >= 4 is 80.1 Å². The molecule has 0 spiro atoms. The fourth-order valence-corrected chi connectivity index (χ4v) is 13.1. The number of rotatable bonds is 12. The Labute approximate surface area is 429 Å². The van der Waals surface area contributed by atoms with Crippen LogP contribution in [-0.2, 0) is 6.42 Å². The van der Waals surface area contributed by atoms with Crippen LogP contribution in [-0.4, -0.2) is 0 Å². The van der Waals surface area contributed by atoms with Gasteiger partial charge in [-0.2, -0.15) is 0 Å². The third kappa shape index (κ3) is 8.31. The second-order valence-corrected chi connectivity index (χ2v) is 20.8. The van der Waals surface area contributed by atoms with Crippen molar-refractivity contribution in [2.24, 2.45) is 0 Å². The highest BCUT2D eigenvalue weighted by atomic mass is 32.1. The van der Waals surface area contributed by atoms with Crippen LogP contribution in [0.5, 0.6) is 0 Å². The van der Waals surface area contributed by atoms with Crippen LogP contribution >= 0.6 is 22.7 Å². The third-order valence-electron chi connectivity index (χ3n) is 14.3. The molecule has 0 aliphatic rings. The van der Waals surface area contributed by atoms with Crippen molar-refractivity contribution in [2.45, 2.75) is 18.3 Å². The maximum atomic E-state index is 3.20. The summed E-state index contributed by atoms with van der Waals surface area (Å²) in [5, 5.41) is 5.22. The van der Waals surface area contributed by atoms with Crippen molar-refractivity contribution in [3.05, 3.63) is 306 Å². The molecule has 72 heavy (non-hydrogen) atoms. The summed E-state index contributed by atoms with van der Waals surface area (Å²) >= 11 is 3.76. The molecule has 0 fully saturated rings. The molecule has 1 nitrogen and oxygen atoms in total. The van der Waals surface area contributed by atoms with Crippen LogP contribution in [0.3, 0.4) is 0 Å². The van der Waals surface area contributed by atoms with E-state index in [0.717, 1.165) is 29.0 Å². The number of para-hydroxylation sites is 1. The molecule has 0 N–H and O–H groups in total.